The minimum atomic E-state index is -0.623. The highest BCUT2D eigenvalue weighted by Crippen LogP contribution is 2.35. The van der Waals surface area contributed by atoms with E-state index in [1.54, 1.807) is 0 Å². The zero-order valence-electron chi connectivity index (χ0n) is 11.9. The van der Waals surface area contributed by atoms with Crippen LogP contribution >= 0.6 is 11.6 Å². The van der Waals surface area contributed by atoms with Gasteiger partial charge in [-0.2, -0.15) is 0 Å². The lowest BCUT2D eigenvalue weighted by Crippen LogP contribution is -2.46. The van der Waals surface area contributed by atoms with E-state index in [0.29, 0.717) is 12.2 Å². The van der Waals surface area contributed by atoms with Gasteiger partial charge in [0.2, 0.25) is 0 Å². The second-order valence-corrected chi connectivity index (χ2v) is 5.61. The van der Waals surface area contributed by atoms with Gasteiger partial charge in [0.25, 0.3) is 5.69 Å². The van der Waals surface area contributed by atoms with Crippen molar-refractivity contribution in [2.75, 3.05) is 24.5 Å². The number of nitrogens with zero attached hydrogens (tertiary/aromatic N) is 2. The first-order chi connectivity index (χ1) is 10.0. The van der Waals surface area contributed by atoms with Crippen LogP contribution in [0, 0.1) is 15.9 Å². The fourth-order valence-corrected chi connectivity index (χ4v) is 2.90. The van der Waals surface area contributed by atoms with E-state index in [1.165, 1.54) is 6.07 Å². The number of nitro groups is 1. The lowest BCUT2D eigenvalue weighted by atomic mass is 10.0. The second-order valence-electron chi connectivity index (χ2n) is 5.21. The number of anilines is 1. The summed E-state index contributed by atoms with van der Waals surface area (Å²) in [4.78, 5) is 12.7. The van der Waals surface area contributed by atoms with Crippen molar-refractivity contribution in [2.45, 2.75) is 32.2 Å². The van der Waals surface area contributed by atoms with Crippen LogP contribution in [0.3, 0.4) is 0 Å². The largest absolute Gasteiger partial charge is 0.362 e. The summed E-state index contributed by atoms with van der Waals surface area (Å²) in [5.41, 5.74) is 0.179. The van der Waals surface area contributed by atoms with E-state index in [1.807, 2.05) is 11.8 Å². The Labute approximate surface area is 128 Å². The number of rotatable bonds is 5. The summed E-state index contributed by atoms with van der Waals surface area (Å²) < 4.78 is 13.8. The highest BCUT2D eigenvalue weighted by atomic mass is 35.5. The van der Waals surface area contributed by atoms with Crippen LogP contribution in [0.2, 0.25) is 5.02 Å². The van der Waals surface area contributed by atoms with Crippen molar-refractivity contribution in [3.63, 3.8) is 0 Å². The van der Waals surface area contributed by atoms with Crippen molar-refractivity contribution in [1.29, 1.82) is 0 Å². The number of benzene rings is 1. The SMILES string of the molecule is CCCN(c1cc(F)c(Cl)cc1[N+](=O)[O-])C1CCCNC1. The van der Waals surface area contributed by atoms with Crippen LogP contribution in [-0.2, 0) is 0 Å². The molecule has 0 aliphatic carbocycles. The Morgan fingerprint density at radius 1 is 1.57 bits per heavy atom. The molecule has 1 N–H and O–H groups in total. The zero-order valence-corrected chi connectivity index (χ0v) is 12.7. The minimum Gasteiger partial charge on any atom is -0.362 e. The average molecular weight is 316 g/mol. The number of nitrogens with one attached hydrogen (secondary N) is 1. The van der Waals surface area contributed by atoms with E-state index >= 15 is 0 Å². The molecule has 0 amide bonds. The van der Waals surface area contributed by atoms with Gasteiger partial charge in [0, 0.05) is 31.3 Å². The molecule has 0 aromatic heterocycles. The molecule has 1 aliphatic rings. The van der Waals surface area contributed by atoms with Gasteiger partial charge >= 0.3 is 0 Å². The van der Waals surface area contributed by atoms with Gasteiger partial charge in [-0.3, -0.25) is 10.1 Å². The van der Waals surface area contributed by atoms with E-state index in [0.717, 1.165) is 38.4 Å². The first-order valence-electron chi connectivity index (χ1n) is 7.15. The van der Waals surface area contributed by atoms with Gasteiger partial charge in [0.05, 0.1) is 9.95 Å². The van der Waals surface area contributed by atoms with E-state index in [-0.39, 0.29) is 16.8 Å². The van der Waals surface area contributed by atoms with Gasteiger partial charge in [0.1, 0.15) is 11.5 Å². The molecule has 1 aromatic rings. The normalized spacial score (nSPS) is 18.5. The smallest absolute Gasteiger partial charge is 0.294 e. The molecule has 1 heterocycles. The summed E-state index contributed by atoms with van der Waals surface area (Å²) >= 11 is 5.69. The van der Waals surface area contributed by atoms with Crippen LogP contribution in [-0.4, -0.2) is 30.6 Å². The first kappa shape index (κ1) is 16.0. The van der Waals surface area contributed by atoms with Crippen LogP contribution in [0.4, 0.5) is 15.8 Å². The number of hydrogen-bond acceptors (Lipinski definition) is 4. The Morgan fingerprint density at radius 3 is 2.90 bits per heavy atom. The van der Waals surface area contributed by atoms with E-state index in [2.05, 4.69) is 5.32 Å². The third-order valence-electron chi connectivity index (χ3n) is 3.70. The summed E-state index contributed by atoms with van der Waals surface area (Å²) in [7, 11) is 0. The van der Waals surface area contributed by atoms with E-state index < -0.39 is 10.7 Å². The van der Waals surface area contributed by atoms with E-state index in [9.17, 15) is 14.5 Å². The molecular formula is C14H19ClFN3O2. The van der Waals surface area contributed by atoms with Crippen molar-refractivity contribution >= 4 is 23.0 Å². The lowest BCUT2D eigenvalue weighted by Gasteiger charge is -2.36. The molecule has 1 aliphatic heterocycles. The third kappa shape index (κ3) is 3.63. The van der Waals surface area contributed by atoms with Crippen LogP contribution in [0.15, 0.2) is 12.1 Å². The number of nitro benzene ring substituents is 1. The van der Waals surface area contributed by atoms with Crippen LogP contribution in [0.5, 0.6) is 0 Å². The summed E-state index contributed by atoms with van der Waals surface area (Å²) in [5.74, 6) is -0.623. The van der Waals surface area contributed by atoms with Gasteiger partial charge in [-0.15, -0.1) is 0 Å². The Kier molecular flexibility index (Phi) is 5.36. The van der Waals surface area contributed by atoms with Crippen molar-refractivity contribution in [1.82, 2.24) is 5.32 Å². The Hall–Kier alpha value is -1.40. The molecule has 0 radical (unpaired) electrons. The molecule has 5 nitrogen and oxygen atoms in total. The van der Waals surface area contributed by atoms with Gasteiger partial charge in [-0.05, 0) is 25.8 Å². The van der Waals surface area contributed by atoms with Crippen LogP contribution in [0.25, 0.3) is 0 Å². The quantitative estimate of drug-likeness (QED) is 0.668. The number of piperidine rings is 1. The summed E-state index contributed by atoms with van der Waals surface area (Å²) in [6.07, 6.45) is 2.78. The molecule has 7 heteroatoms. The van der Waals surface area contributed by atoms with Gasteiger partial charge in [-0.1, -0.05) is 18.5 Å². The maximum absolute atomic E-state index is 13.8. The van der Waals surface area contributed by atoms with E-state index in [4.69, 9.17) is 11.6 Å². The molecule has 116 valence electrons. The molecule has 1 saturated heterocycles. The monoisotopic (exact) mass is 315 g/mol. The Bertz CT molecular complexity index is 521. The molecule has 1 fully saturated rings. The maximum Gasteiger partial charge on any atom is 0.294 e. The fourth-order valence-electron chi connectivity index (χ4n) is 2.74. The average Bonchev–Trinajstić information content (AvgIpc) is 2.48. The van der Waals surface area contributed by atoms with Crippen molar-refractivity contribution < 1.29 is 9.31 Å². The predicted octanol–water partition coefficient (Wildman–Crippen LogP) is 3.36. The summed E-state index contributed by atoms with van der Waals surface area (Å²) in [6.45, 7) is 4.35. The van der Waals surface area contributed by atoms with Crippen molar-refractivity contribution in [3.8, 4) is 0 Å². The first-order valence-corrected chi connectivity index (χ1v) is 7.53. The molecule has 1 unspecified atom stereocenters. The molecule has 2 rings (SSSR count). The minimum absolute atomic E-state index is 0.137. The molecule has 21 heavy (non-hydrogen) atoms. The van der Waals surface area contributed by atoms with Crippen molar-refractivity contribution in [2.24, 2.45) is 0 Å². The second kappa shape index (κ2) is 7.04. The third-order valence-corrected chi connectivity index (χ3v) is 3.99. The fraction of sp³-hybridized carbons (Fsp3) is 0.571. The molecular weight excluding hydrogens is 297 g/mol. The van der Waals surface area contributed by atoms with Crippen molar-refractivity contribution in [3.05, 3.63) is 33.1 Å². The number of halogens is 2. The maximum atomic E-state index is 13.8. The van der Waals surface area contributed by atoms with Gasteiger partial charge < -0.3 is 10.2 Å². The lowest BCUT2D eigenvalue weighted by molar-refractivity contribution is -0.384. The molecule has 1 aromatic carbocycles. The summed E-state index contributed by atoms with van der Waals surface area (Å²) in [5, 5.41) is 14.3. The molecule has 0 spiro atoms. The topological polar surface area (TPSA) is 58.4 Å². The molecule has 0 saturated carbocycles. The standard InChI is InChI=1S/C14H19ClFN3O2/c1-2-6-18(10-4-3-5-17-9-10)13-8-12(16)11(15)7-14(13)19(20)21/h7-8,10,17H,2-6,9H2,1H3. The van der Waals surface area contributed by atoms with Crippen LogP contribution < -0.4 is 10.2 Å². The highest BCUT2D eigenvalue weighted by Gasteiger charge is 2.28. The highest BCUT2D eigenvalue weighted by molar-refractivity contribution is 6.31. The summed E-state index contributed by atoms with van der Waals surface area (Å²) in [6, 6.07) is 2.42. The zero-order chi connectivity index (χ0) is 15.4. The van der Waals surface area contributed by atoms with Gasteiger partial charge in [-0.25, -0.2) is 4.39 Å². The van der Waals surface area contributed by atoms with Crippen LogP contribution in [0.1, 0.15) is 26.2 Å². The number of hydrogen-bond donors (Lipinski definition) is 1. The Morgan fingerprint density at radius 2 is 2.33 bits per heavy atom. The molecule has 1 atom stereocenters. The predicted molar refractivity (Wildman–Crippen MR) is 81.6 cm³/mol. The molecule has 0 bridgehead atoms. The Balaban J connectivity index is 2.42. The van der Waals surface area contributed by atoms with Gasteiger partial charge in [0.15, 0.2) is 0 Å².